The number of nitrogens with one attached hydrogen (secondary N) is 1. The molecule has 1 aromatic heterocycles. The van der Waals surface area contributed by atoms with E-state index in [4.69, 9.17) is 0 Å². The zero-order chi connectivity index (χ0) is 22.2. The van der Waals surface area contributed by atoms with E-state index in [0.717, 1.165) is 24.4 Å². The van der Waals surface area contributed by atoms with Crippen molar-refractivity contribution in [3.05, 3.63) is 66.4 Å². The van der Waals surface area contributed by atoms with Gasteiger partial charge in [-0.1, -0.05) is 43.7 Å². The summed E-state index contributed by atoms with van der Waals surface area (Å²) < 4.78 is 2.35. The monoisotopic (exact) mass is 440 g/mol. The van der Waals surface area contributed by atoms with E-state index in [2.05, 4.69) is 76.2 Å². The minimum absolute atomic E-state index is 0.302. The molecule has 0 saturated heterocycles. The molecule has 7 rings (SSSR count). The number of aromatic nitrogens is 2. The minimum atomic E-state index is 0.302. The zero-order valence-electron chi connectivity index (χ0n) is 20.0. The normalized spacial score (nSPS) is 39.0. The molecule has 0 radical (unpaired) electrons. The van der Waals surface area contributed by atoms with Gasteiger partial charge in [-0.3, -0.25) is 0 Å². The summed E-state index contributed by atoms with van der Waals surface area (Å²) in [7, 11) is 0. The van der Waals surface area contributed by atoms with Crippen LogP contribution in [-0.2, 0) is 0 Å². The fraction of sp³-hybridized carbons (Fsp3) is 0.552. The molecule has 4 aliphatic carbocycles. The van der Waals surface area contributed by atoms with Gasteiger partial charge in [0.05, 0.1) is 24.4 Å². The van der Waals surface area contributed by atoms with Crippen molar-refractivity contribution in [3.8, 4) is 0 Å². The first-order valence-electron chi connectivity index (χ1n) is 13.1. The smallest absolute Gasteiger partial charge is 0.0948 e. The molecule has 1 N–H and O–H groups in total. The van der Waals surface area contributed by atoms with E-state index in [-0.39, 0.29) is 0 Å². The van der Waals surface area contributed by atoms with E-state index in [0.29, 0.717) is 16.9 Å². The van der Waals surface area contributed by atoms with Crippen LogP contribution in [-0.4, -0.2) is 16.2 Å². The molecule has 2 heterocycles. The first kappa shape index (κ1) is 19.9. The summed E-state index contributed by atoms with van der Waals surface area (Å²) in [5, 5.41) is 3.62. The second-order valence-corrected chi connectivity index (χ2v) is 11.7. The Morgan fingerprint density at radius 1 is 1.00 bits per heavy atom. The molecule has 0 amide bonds. The number of hydrogen-bond acceptors (Lipinski definition) is 3. The minimum Gasteiger partial charge on any atom is -0.366 e. The van der Waals surface area contributed by atoms with E-state index in [9.17, 15) is 0 Å². The molecule has 6 atom stereocenters. The lowest BCUT2D eigenvalue weighted by Crippen LogP contribution is -2.50. The van der Waals surface area contributed by atoms with Crippen molar-refractivity contribution in [1.29, 1.82) is 0 Å². The van der Waals surface area contributed by atoms with Crippen LogP contribution in [0.5, 0.6) is 0 Å². The maximum Gasteiger partial charge on any atom is 0.0948 e. The molecule has 0 bridgehead atoms. The van der Waals surface area contributed by atoms with Crippen LogP contribution in [0.4, 0.5) is 11.4 Å². The van der Waals surface area contributed by atoms with Crippen molar-refractivity contribution in [2.75, 3.05) is 16.9 Å². The van der Waals surface area contributed by atoms with Gasteiger partial charge >= 0.3 is 0 Å². The van der Waals surface area contributed by atoms with Crippen LogP contribution in [0.2, 0.25) is 0 Å². The van der Waals surface area contributed by atoms with E-state index in [1.807, 2.05) is 12.5 Å². The lowest BCUT2D eigenvalue weighted by atomic mass is 9.47. The molecule has 0 spiro atoms. The Labute approximate surface area is 197 Å². The fourth-order valence-electron chi connectivity index (χ4n) is 8.67. The zero-order valence-corrected chi connectivity index (χ0v) is 20.0. The molecule has 4 nitrogen and oxygen atoms in total. The summed E-state index contributed by atoms with van der Waals surface area (Å²) in [6, 6.07) is 9.42. The first-order chi connectivity index (χ1) is 16.1. The number of imidazole rings is 1. The maximum absolute atomic E-state index is 4.31. The van der Waals surface area contributed by atoms with Gasteiger partial charge in [0, 0.05) is 29.5 Å². The number of benzene rings is 1. The number of fused-ring (bicyclic) bond motifs is 6. The Morgan fingerprint density at radius 2 is 1.88 bits per heavy atom. The molecule has 4 heteroatoms. The van der Waals surface area contributed by atoms with Gasteiger partial charge < -0.3 is 14.8 Å². The highest BCUT2D eigenvalue weighted by molar-refractivity contribution is 5.77. The van der Waals surface area contributed by atoms with Crippen LogP contribution in [0.3, 0.4) is 0 Å². The van der Waals surface area contributed by atoms with Crippen LogP contribution in [0.15, 0.2) is 66.4 Å². The summed E-state index contributed by atoms with van der Waals surface area (Å²) in [4.78, 5) is 6.89. The summed E-state index contributed by atoms with van der Waals surface area (Å²) >= 11 is 0. The highest BCUT2D eigenvalue weighted by Gasteiger charge is 2.57. The van der Waals surface area contributed by atoms with Gasteiger partial charge in [0.2, 0.25) is 0 Å². The van der Waals surface area contributed by atoms with Crippen molar-refractivity contribution in [2.45, 2.75) is 64.8 Å². The number of nitrogens with zero attached hydrogens (tertiary/aromatic N) is 3. The number of para-hydroxylation sites is 2. The average molecular weight is 441 g/mol. The van der Waals surface area contributed by atoms with E-state index in [1.165, 1.54) is 56.3 Å². The van der Waals surface area contributed by atoms with Crippen LogP contribution in [0.1, 0.15) is 64.8 Å². The van der Waals surface area contributed by atoms with Gasteiger partial charge in [-0.2, -0.15) is 0 Å². The van der Waals surface area contributed by atoms with Crippen LogP contribution in [0, 0.1) is 28.6 Å². The SMILES string of the molecule is CC12CCC(n3ccnc3)CC1=CCC1C2CCC2(C)C(N3CNc4ccccc43)=CCC12. The highest BCUT2D eigenvalue weighted by atomic mass is 15.3. The fourth-order valence-corrected chi connectivity index (χ4v) is 8.67. The van der Waals surface area contributed by atoms with Gasteiger partial charge in [-0.05, 0) is 80.2 Å². The van der Waals surface area contributed by atoms with Gasteiger partial charge in [0.25, 0.3) is 0 Å². The molecule has 33 heavy (non-hydrogen) atoms. The second-order valence-electron chi connectivity index (χ2n) is 11.7. The predicted molar refractivity (Wildman–Crippen MR) is 134 cm³/mol. The standard InChI is InChI=1S/C29H36N4/c1-28-13-11-21(32-16-15-30-18-32)17-20(28)7-8-22-23-9-10-27(29(23,2)14-12-24(22)28)33-19-31-25-5-3-4-6-26(25)33/h3-7,10,15-16,18,21-24,31H,8-9,11-14,17,19H2,1-2H3. The van der Waals surface area contributed by atoms with E-state index >= 15 is 0 Å². The van der Waals surface area contributed by atoms with Crippen molar-refractivity contribution < 1.29 is 0 Å². The van der Waals surface area contributed by atoms with Gasteiger partial charge in [0.1, 0.15) is 0 Å². The molecule has 2 saturated carbocycles. The lowest BCUT2D eigenvalue weighted by molar-refractivity contribution is -0.0210. The third-order valence-corrected chi connectivity index (χ3v) is 10.5. The molecule has 5 aliphatic rings. The number of hydrogen-bond donors (Lipinski definition) is 1. The quantitative estimate of drug-likeness (QED) is 0.523. The summed E-state index contributed by atoms with van der Waals surface area (Å²) in [5.41, 5.74) is 6.69. The summed E-state index contributed by atoms with van der Waals surface area (Å²) in [5.74, 6) is 2.44. The molecule has 1 aromatic carbocycles. The lowest BCUT2D eigenvalue weighted by Gasteiger charge is -2.58. The van der Waals surface area contributed by atoms with Gasteiger partial charge in [0.15, 0.2) is 0 Å². The van der Waals surface area contributed by atoms with Crippen molar-refractivity contribution in [2.24, 2.45) is 28.6 Å². The van der Waals surface area contributed by atoms with E-state index in [1.54, 1.807) is 11.3 Å². The van der Waals surface area contributed by atoms with Gasteiger partial charge in [-0.25, -0.2) is 4.98 Å². The van der Waals surface area contributed by atoms with Crippen LogP contribution >= 0.6 is 0 Å². The van der Waals surface area contributed by atoms with Crippen LogP contribution < -0.4 is 10.2 Å². The Balaban J connectivity index is 1.17. The first-order valence-corrected chi connectivity index (χ1v) is 13.1. The summed E-state index contributed by atoms with van der Waals surface area (Å²) in [6.07, 6.45) is 20.5. The Kier molecular flexibility index (Phi) is 4.23. The summed E-state index contributed by atoms with van der Waals surface area (Å²) in [6.45, 7) is 6.12. The third-order valence-electron chi connectivity index (χ3n) is 10.5. The molecule has 2 aromatic rings. The van der Waals surface area contributed by atoms with Crippen molar-refractivity contribution in [3.63, 3.8) is 0 Å². The number of rotatable bonds is 2. The third kappa shape index (κ3) is 2.73. The largest absolute Gasteiger partial charge is 0.366 e. The molecule has 172 valence electrons. The van der Waals surface area contributed by atoms with Crippen LogP contribution in [0.25, 0.3) is 0 Å². The second kappa shape index (κ2) is 7.01. The van der Waals surface area contributed by atoms with Crippen molar-refractivity contribution >= 4 is 11.4 Å². The molecular formula is C29H36N4. The number of anilines is 2. The number of allylic oxidation sites excluding steroid dienone is 4. The predicted octanol–water partition coefficient (Wildman–Crippen LogP) is 6.77. The maximum atomic E-state index is 4.31. The topological polar surface area (TPSA) is 33.1 Å². The van der Waals surface area contributed by atoms with Crippen molar-refractivity contribution in [1.82, 2.24) is 9.55 Å². The Hall–Kier alpha value is -2.49. The van der Waals surface area contributed by atoms with Gasteiger partial charge in [-0.15, -0.1) is 0 Å². The van der Waals surface area contributed by atoms with E-state index < -0.39 is 0 Å². The molecule has 6 unspecified atom stereocenters. The molecular weight excluding hydrogens is 404 g/mol. The molecule has 2 fully saturated rings. The highest BCUT2D eigenvalue weighted by Crippen LogP contribution is 2.66. The Morgan fingerprint density at radius 3 is 2.76 bits per heavy atom. The average Bonchev–Trinajstić information content (AvgIpc) is 3.57. The molecule has 1 aliphatic heterocycles. The Bertz CT molecular complexity index is 1130.